The van der Waals surface area contributed by atoms with E-state index < -0.39 is 11.7 Å². The molecule has 1 fully saturated rings. The summed E-state index contributed by atoms with van der Waals surface area (Å²) in [4.78, 5) is 15.9. The first-order valence-corrected chi connectivity index (χ1v) is 9.99. The summed E-state index contributed by atoms with van der Waals surface area (Å²) in [6.07, 6.45) is 1.26. The van der Waals surface area contributed by atoms with Crippen LogP contribution in [0.3, 0.4) is 0 Å². The molecule has 0 aromatic heterocycles. The zero-order chi connectivity index (χ0) is 21.3. The molecule has 7 nitrogen and oxygen atoms in total. The molecule has 0 spiro atoms. The maximum absolute atomic E-state index is 13.4. The number of amides is 1. The van der Waals surface area contributed by atoms with Crippen molar-refractivity contribution in [2.24, 2.45) is 4.99 Å². The molecule has 0 saturated carbocycles. The average Bonchev–Trinajstić information content (AvgIpc) is 2.67. The summed E-state index contributed by atoms with van der Waals surface area (Å²) >= 11 is 0. The second kappa shape index (κ2) is 12.3. The van der Waals surface area contributed by atoms with Crippen molar-refractivity contribution in [3.05, 3.63) is 35.6 Å². The van der Waals surface area contributed by atoms with Crippen molar-refractivity contribution in [2.75, 3.05) is 39.9 Å². The fraction of sp³-hybridized carbons (Fsp3) is 0.619. The first-order valence-electron chi connectivity index (χ1n) is 9.99. The van der Waals surface area contributed by atoms with Crippen LogP contribution in [0.15, 0.2) is 29.3 Å². The van der Waals surface area contributed by atoms with Gasteiger partial charge >= 0.3 is 6.09 Å². The number of carbonyl (C=O) groups excluding carboxylic acids is 1. The summed E-state index contributed by atoms with van der Waals surface area (Å²) < 4.78 is 24.1. The first-order chi connectivity index (χ1) is 13.7. The zero-order valence-electron chi connectivity index (χ0n) is 18.2. The van der Waals surface area contributed by atoms with Crippen molar-refractivity contribution in [3.63, 3.8) is 0 Å². The Morgan fingerprint density at radius 3 is 2.30 bits per heavy atom. The number of halogens is 2. The Labute approximate surface area is 195 Å². The van der Waals surface area contributed by atoms with Gasteiger partial charge in [-0.3, -0.25) is 4.99 Å². The fourth-order valence-corrected chi connectivity index (χ4v) is 3.27. The topological polar surface area (TPSA) is 84.0 Å². The third-order valence-electron chi connectivity index (χ3n) is 4.81. The van der Waals surface area contributed by atoms with Gasteiger partial charge in [0.2, 0.25) is 0 Å². The molecular weight excluding hydrogens is 502 g/mol. The molecular formula is C21H34FIN4O3. The third-order valence-corrected chi connectivity index (χ3v) is 4.81. The van der Waals surface area contributed by atoms with Crippen LogP contribution in [0.2, 0.25) is 0 Å². The Bertz CT molecular complexity index is 686. The number of aliphatic imine (C=N–C) groups is 1. The minimum atomic E-state index is -0.520. The average molecular weight is 536 g/mol. The van der Waals surface area contributed by atoms with E-state index in [9.17, 15) is 9.18 Å². The number of benzene rings is 1. The van der Waals surface area contributed by atoms with Gasteiger partial charge in [0.25, 0.3) is 0 Å². The van der Waals surface area contributed by atoms with E-state index in [1.165, 1.54) is 12.1 Å². The molecule has 0 radical (unpaired) electrons. The Kier molecular flexibility index (Phi) is 10.8. The van der Waals surface area contributed by atoms with Crippen LogP contribution in [0.5, 0.6) is 0 Å². The van der Waals surface area contributed by atoms with E-state index >= 15 is 0 Å². The molecule has 9 heteroatoms. The number of nitrogens with one attached hydrogen (secondary N) is 3. The molecule has 1 aromatic rings. The molecule has 1 amide bonds. The van der Waals surface area contributed by atoms with Gasteiger partial charge in [0, 0.05) is 45.3 Å². The number of guanidine groups is 1. The molecule has 0 bridgehead atoms. The molecule has 170 valence electrons. The van der Waals surface area contributed by atoms with Crippen molar-refractivity contribution in [2.45, 2.75) is 44.6 Å². The van der Waals surface area contributed by atoms with Gasteiger partial charge in [0.1, 0.15) is 11.4 Å². The number of ether oxygens (including phenoxy) is 2. The predicted octanol–water partition coefficient (Wildman–Crippen LogP) is 3.18. The molecule has 0 unspecified atom stereocenters. The summed E-state index contributed by atoms with van der Waals surface area (Å²) in [7, 11) is 1.70. The summed E-state index contributed by atoms with van der Waals surface area (Å²) in [6.45, 7) is 8.38. The van der Waals surface area contributed by atoms with E-state index in [0.717, 1.165) is 18.4 Å². The van der Waals surface area contributed by atoms with Crippen LogP contribution in [0, 0.1) is 5.82 Å². The Morgan fingerprint density at radius 2 is 1.73 bits per heavy atom. The standard InChI is InChI=1S/C21H33FN4O3.HI/c1-20(2,3)29-19(27)25-12-11-24-18(23-4)26-15-21(9-13-28-14-10-21)16-5-7-17(22)8-6-16;/h5-8H,9-15H2,1-4H3,(H,25,27)(H2,23,24,26);1H. The smallest absolute Gasteiger partial charge is 0.407 e. The van der Waals surface area contributed by atoms with E-state index in [1.807, 2.05) is 32.9 Å². The Hall–Kier alpha value is -1.62. The van der Waals surface area contributed by atoms with Crippen molar-refractivity contribution in [3.8, 4) is 0 Å². The van der Waals surface area contributed by atoms with E-state index in [-0.39, 0.29) is 35.2 Å². The van der Waals surface area contributed by atoms with Crippen LogP contribution in [0.4, 0.5) is 9.18 Å². The molecule has 1 aromatic carbocycles. The van der Waals surface area contributed by atoms with Gasteiger partial charge in [-0.15, -0.1) is 24.0 Å². The summed E-state index contributed by atoms with van der Waals surface area (Å²) in [5, 5.41) is 9.25. The number of alkyl carbamates (subject to hydrolysis) is 1. The van der Waals surface area contributed by atoms with E-state index in [1.54, 1.807) is 7.05 Å². The van der Waals surface area contributed by atoms with Crippen molar-refractivity contribution in [1.82, 2.24) is 16.0 Å². The van der Waals surface area contributed by atoms with Gasteiger partial charge in [-0.2, -0.15) is 0 Å². The lowest BCUT2D eigenvalue weighted by molar-refractivity contribution is 0.0513. The minimum absolute atomic E-state index is 0. The molecule has 3 N–H and O–H groups in total. The zero-order valence-corrected chi connectivity index (χ0v) is 20.5. The monoisotopic (exact) mass is 536 g/mol. The molecule has 2 rings (SSSR count). The van der Waals surface area contributed by atoms with Gasteiger partial charge in [0.05, 0.1) is 0 Å². The van der Waals surface area contributed by atoms with Crippen LogP contribution in [-0.4, -0.2) is 57.5 Å². The minimum Gasteiger partial charge on any atom is -0.444 e. The molecule has 0 aliphatic carbocycles. The summed E-state index contributed by atoms with van der Waals surface area (Å²) in [5.41, 5.74) is 0.433. The van der Waals surface area contributed by atoms with Crippen LogP contribution in [-0.2, 0) is 14.9 Å². The van der Waals surface area contributed by atoms with E-state index in [2.05, 4.69) is 20.9 Å². The normalized spacial score (nSPS) is 16.2. The summed E-state index contributed by atoms with van der Waals surface area (Å²) in [6, 6.07) is 6.70. The highest BCUT2D eigenvalue weighted by atomic mass is 127. The van der Waals surface area contributed by atoms with Gasteiger partial charge in [-0.05, 0) is 51.3 Å². The van der Waals surface area contributed by atoms with Gasteiger partial charge < -0.3 is 25.4 Å². The number of rotatable bonds is 6. The summed E-state index contributed by atoms with van der Waals surface area (Å²) in [5.74, 6) is 0.405. The first kappa shape index (κ1) is 26.4. The lowest BCUT2D eigenvalue weighted by Gasteiger charge is -2.38. The Morgan fingerprint density at radius 1 is 1.13 bits per heavy atom. The van der Waals surface area contributed by atoms with Crippen LogP contribution in [0.25, 0.3) is 0 Å². The van der Waals surface area contributed by atoms with Gasteiger partial charge in [0.15, 0.2) is 5.96 Å². The molecule has 30 heavy (non-hydrogen) atoms. The van der Waals surface area contributed by atoms with Crippen molar-refractivity contribution < 1.29 is 18.7 Å². The molecule has 1 aliphatic heterocycles. The maximum Gasteiger partial charge on any atom is 0.407 e. The molecule has 1 saturated heterocycles. The van der Waals surface area contributed by atoms with Gasteiger partial charge in [-0.25, -0.2) is 9.18 Å². The van der Waals surface area contributed by atoms with Crippen molar-refractivity contribution in [1.29, 1.82) is 0 Å². The fourth-order valence-electron chi connectivity index (χ4n) is 3.27. The van der Waals surface area contributed by atoms with E-state index in [0.29, 0.717) is 38.8 Å². The van der Waals surface area contributed by atoms with E-state index in [4.69, 9.17) is 9.47 Å². The van der Waals surface area contributed by atoms with Crippen LogP contribution < -0.4 is 16.0 Å². The molecule has 0 atom stereocenters. The highest BCUT2D eigenvalue weighted by Crippen LogP contribution is 2.34. The van der Waals surface area contributed by atoms with Gasteiger partial charge in [-0.1, -0.05) is 12.1 Å². The Balaban J connectivity index is 0.00000450. The molecule has 1 heterocycles. The number of hydrogen-bond acceptors (Lipinski definition) is 4. The lowest BCUT2D eigenvalue weighted by atomic mass is 9.74. The van der Waals surface area contributed by atoms with Crippen molar-refractivity contribution >= 4 is 36.0 Å². The number of hydrogen-bond donors (Lipinski definition) is 3. The quantitative estimate of drug-likeness (QED) is 0.225. The predicted molar refractivity (Wildman–Crippen MR) is 127 cm³/mol. The number of nitrogens with zero attached hydrogens (tertiary/aromatic N) is 1. The molecule has 1 aliphatic rings. The third kappa shape index (κ3) is 8.63. The van der Waals surface area contributed by atoms with Crippen LogP contribution >= 0.6 is 24.0 Å². The largest absolute Gasteiger partial charge is 0.444 e. The lowest BCUT2D eigenvalue weighted by Crippen LogP contribution is -2.49. The second-order valence-electron chi connectivity index (χ2n) is 8.18. The highest BCUT2D eigenvalue weighted by molar-refractivity contribution is 14.0. The number of carbonyl (C=O) groups is 1. The van der Waals surface area contributed by atoms with Crippen LogP contribution in [0.1, 0.15) is 39.2 Å². The SMILES string of the molecule is CN=C(NCCNC(=O)OC(C)(C)C)NCC1(c2ccc(F)cc2)CCOCC1.I. The highest BCUT2D eigenvalue weighted by Gasteiger charge is 2.34. The second-order valence-corrected chi connectivity index (χ2v) is 8.18. The maximum atomic E-state index is 13.4.